The van der Waals surface area contributed by atoms with Crippen LogP contribution in [-0.4, -0.2) is 37.3 Å². The number of hydrogen-bond acceptors (Lipinski definition) is 7. The Morgan fingerprint density at radius 3 is 3.05 bits per heavy atom. The van der Waals surface area contributed by atoms with Crippen LogP contribution in [-0.2, 0) is 20.4 Å². The average Bonchev–Trinajstić information content (AvgIpc) is 2.73. The van der Waals surface area contributed by atoms with Gasteiger partial charge in [-0.05, 0) is 6.92 Å². The zero-order chi connectivity index (χ0) is 13.8. The van der Waals surface area contributed by atoms with Gasteiger partial charge in [0, 0.05) is 4.57 Å². The Labute approximate surface area is 109 Å². The molecule has 2 aromatic rings. The number of fused-ring (bicyclic) bond motifs is 1. The summed E-state index contributed by atoms with van der Waals surface area (Å²) in [7, 11) is -2.65. The molecule has 0 fully saturated rings. The molecule has 0 spiro atoms. The lowest BCUT2D eigenvalue weighted by Gasteiger charge is -2.11. The van der Waals surface area contributed by atoms with E-state index in [1.165, 1.54) is 6.33 Å². The van der Waals surface area contributed by atoms with Crippen molar-refractivity contribution in [3.63, 3.8) is 0 Å². The first-order valence-electron chi connectivity index (χ1n) is 5.40. The van der Waals surface area contributed by atoms with Gasteiger partial charge in [0.1, 0.15) is 11.8 Å². The minimum Gasteiger partial charge on any atom is -0.382 e. The first kappa shape index (κ1) is 13.8. The number of nitrogens with zero attached hydrogens (tertiary/aromatic N) is 4. The van der Waals surface area contributed by atoms with Crippen LogP contribution in [0.1, 0.15) is 6.92 Å². The summed E-state index contributed by atoms with van der Waals surface area (Å²) in [6.07, 6.45) is 2.70. The van der Waals surface area contributed by atoms with E-state index >= 15 is 0 Å². The minimum atomic E-state index is -2.65. The van der Waals surface area contributed by atoms with E-state index in [9.17, 15) is 4.57 Å². The van der Waals surface area contributed by atoms with Crippen LogP contribution in [0.25, 0.3) is 11.2 Å². The van der Waals surface area contributed by atoms with E-state index in [1.807, 2.05) is 0 Å². The number of ether oxygens (including phenoxy) is 1. The van der Waals surface area contributed by atoms with Crippen molar-refractivity contribution in [1.29, 1.82) is 0 Å². The third kappa shape index (κ3) is 3.42. The first-order valence-corrected chi connectivity index (χ1v) is 6.53. The zero-order valence-corrected chi connectivity index (χ0v) is 11.0. The van der Waals surface area contributed by atoms with Gasteiger partial charge in [0.15, 0.2) is 11.5 Å². The highest BCUT2D eigenvalue weighted by atomic mass is 31.1. The van der Waals surface area contributed by atoms with Crippen molar-refractivity contribution >= 4 is 25.2 Å². The third-order valence-electron chi connectivity index (χ3n) is 2.40. The maximum absolute atomic E-state index is 10.3. The average molecular weight is 286 g/mol. The molecule has 2 atom stereocenters. The summed E-state index contributed by atoms with van der Waals surface area (Å²) in [5, 5.41) is 0. The Balaban J connectivity index is 2.01. The van der Waals surface area contributed by atoms with Crippen LogP contribution in [0.5, 0.6) is 0 Å². The smallest absolute Gasteiger partial charge is 0.382 e. The second kappa shape index (κ2) is 5.98. The molecule has 102 valence electrons. The summed E-state index contributed by atoms with van der Waals surface area (Å²) in [4.78, 5) is 20.5. The SMILES string of the molecule is CC(Cn1cnc2c(N)ncnc21)OCO[P+](=O)O. The molecule has 10 heteroatoms. The van der Waals surface area contributed by atoms with Crippen molar-refractivity contribution in [2.24, 2.45) is 0 Å². The predicted octanol–water partition coefficient (Wildman–Crippen LogP) is 0.437. The molecule has 2 unspecified atom stereocenters. The highest BCUT2D eigenvalue weighted by Crippen LogP contribution is 2.16. The van der Waals surface area contributed by atoms with Crippen molar-refractivity contribution in [3.8, 4) is 0 Å². The van der Waals surface area contributed by atoms with Gasteiger partial charge in [-0.15, -0.1) is 4.89 Å². The van der Waals surface area contributed by atoms with E-state index in [4.69, 9.17) is 15.4 Å². The van der Waals surface area contributed by atoms with Gasteiger partial charge in [-0.2, -0.15) is 0 Å². The van der Waals surface area contributed by atoms with Gasteiger partial charge in [-0.1, -0.05) is 4.52 Å². The largest absolute Gasteiger partial charge is 0.697 e. The molecule has 2 rings (SSSR count). The molecule has 3 N–H and O–H groups in total. The van der Waals surface area contributed by atoms with Crippen LogP contribution in [0.2, 0.25) is 0 Å². The van der Waals surface area contributed by atoms with Gasteiger partial charge in [0.25, 0.3) is 0 Å². The van der Waals surface area contributed by atoms with E-state index in [0.29, 0.717) is 23.5 Å². The lowest BCUT2D eigenvalue weighted by atomic mass is 10.4. The molecule has 2 aromatic heterocycles. The zero-order valence-electron chi connectivity index (χ0n) is 10.1. The van der Waals surface area contributed by atoms with Crippen molar-refractivity contribution in [1.82, 2.24) is 19.5 Å². The van der Waals surface area contributed by atoms with Crippen molar-refractivity contribution < 1.29 is 18.7 Å². The number of rotatable bonds is 6. The number of aromatic nitrogens is 4. The van der Waals surface area contributed by atoms with Crippen LogP contribution in [0.4, 0.5) is 5.82 Å². The van der Waals surface area contributed by atoms with Gasteiger partial charge in [0.05, 0.1) is 19.0 Å². The topological polar surface area (TPSA) is 125 Å². The minimum absolute atomic E-state index is 0.247. The Morgan fingerprint density at radius 2 is 2.32 bits per heavy atom. The van der Waals surface area contributed by atoms with Gasteiger partial charge < -0.3 is 15.0 Å². The number of hydrogen-bond donors (Lipinski definition) is 2. The van der Waals surface area contributed by atoms with Crippen LogP contribution >= 0.6 is 8.25 Å². The van der Waals surface area contributed by atoms with Crippen LogP contribution in [0.15, 0.2) is 12.7 Å². The fraction of sp³-hybridized carbons (Fsp3) is 0.444. The predicted molar refractivity (Wildman–Crippen MR) is 66.1 cm³/mol. The monoisotopic (exact) mass is 286 g/mol. The second-order valence-corrected chi connectivity index (χ2v) is 4.52. The molecule has 9 nitrogen and oxygen atoms in total. The first-order chi connectivity index (χ1) is 9.08. The Morgan fingerprint density at radius 1 is 1.53 bits per heavy atom. The van der Waals surface area contributed by atoms with E-state index in [0.717, 1.165) is 0 Å². The lowest BCUT2D eigenvalue weighted by molar-refractivity contribution is -0.0346. The summed E-state index contributed by atoms with van der Waals surface area (Å²) < 4.78 is 21.7. The van der Waals surface area contributed by atoms with Crippen LogP contribution < -0.4 is 5.73 Å². The Hall–Kier alpha value is -1.67. The van der Waals surface area contributed by atoms with E-state index in [-0.39, 0.29) is 12.9 Å². The number of nitrogen functional groups attached to an aromatic ring is 1. The highest BCUT2D eigenvalue weighted by molar-refractivity contribution is 7.32. The summed E-state index contributed by atoms with van der Waals surface area (Å²) in [6, 6.07) is 0. The van der Waals surface area contributed by atoms with Gasteiger partial charge in [-0.25, -0.2) is 15.0 Å². The molecule has 0 amide bonds. The quantitative estimate of drug-likeness (QED) is 0.578. The molecular weight excluding hydrogens is 273 g/mol. The van der Waals surface area contributed by atoms with E-state index < -0.39 is 8.25 Å². The third-order valence-corrected chi connectivity index (χ3v) is 2.73. The van der Waals surface area contributed by atoms with Gasteiger partial charge >= 0.3 is 8.25 Å². The Bertz CT molecular complexity index is 589. The normalized spacial score (nSPS) is 13.7. The van der Waals surface area contributed by atoms with Crippen LogP contribution in [0.3, 0.4) is 0 Å². The molecule has 19 heavy (non-hydrogen) atoms. The fourth-order valence-corrected chi connectivity index (χ4v) is 1.70. The summed E-state index contributed by atoms with van der Waals surface area (Å²) >= 11 is 0. The fourth-order valence-electron chi connectivity index (χ4n) is 1.55. The summed E-state index contributed by atoms with van der Waals surface area (Å²) in [5.41, 5.74) is 6.82. The molecule has 0 aliphatic carbocycles. The molecule has 0 saturated heterocycles. The molecular formula is C9H13N5O4P+. The van der Waals surface area contributed by atoms with Crippen LogP contribution in [0, 0.1) is 0 Å². The van der Waals surface area contributed by atoms with E-state index in [2.05, 4.69) is 19.5 Å². The van der Waals surface area contributed by atoms with Crippen molar-refractivity contribution in [2.75, 3.05) is 12.5 Å². The molecule has 0 aliphatic heterocycles. The maximum Gasteiger partial charge on any atom is 0.697 e. The van der Waals surface area contributed by atoms with Crippen molar-refractivity contribution in [2.45, 2.75) is 19.6 Å². The lowest BCUT2D eigenvalue weighted by Crippen LogP contribution is -2.17. The second-order valence-electron chi connectivity index (χ2n) is 3.79. The number of anilines is 1. The maximum atomic E-state index is 10.3. The summed E-state index contributed by atoms with van der Waals surface area (Å²) in [5.74, 6) is 0.318. The Kier molecular flexibility index (Phi) is 4.33. The molecule has 0 bridgehead atoms. The van der Waals surface area contributed by atoms with Gasteiger partial charge in [0.2, 0.25) is 6.79 Å². The summed E-state index contributed by atoms with van der Waals surface area (Å²) in [6.45, 7) is 2.00. The van der Waals surface area contributed by atoms with E-state index in [1.54, 1.807) is 17.8 Å². The molecule has 0 aliphatic rings. The number of nitrogens with two attached hydrogens (primary N) is 1. The standard InChI is InChI=1S/C9H12N5O4P/c1-6(17-5-18-19(15)16)2-14-4-13-7-8(10)11-3-12-9(7)14/h3-4,6H,2,5H2,1H3,(H2-,10,11,12,15,16)/p+1. The molecule has 0 radical (unpaired) electrons. The number of imidazole rings is 1. The highest BCUT2D eigenvalue weighted by Gasteiger charge is 2.14. The molecule has 0 aromatic carbocycles. The molecule has 2 heterocycles. The van der Waals surface area contributed by atoms with Gasteiger partial charge in [-0.3, -0.25) is 0 Å². The van der Waals surface area contributed by atoms with Crippen molar-refractivity contribution in [3.05, 3.63) is 12.7 Å². The molecule has 0 saturated carbocycles.